The largest absolute Gasteiger partial charge is 0.465 e. The Hall–Kier alpha value is -3.29. The molecule has 0 unspecified atom stereocenters. The van der Waals surface area contributed by atoms with E-state index in [2.05, 4.69) is 9.64 Å². The summed E-state index contributed by atoms with van der Waals surface area (Å²) in [4.78, 5) is 27.2. The number of esters is 1. The lowest BCUT2D eigenvalue weighted by molar-refractivity contribution is -0.384. The Morgan fingerprint density at radius 1 is 1.15 bits per heavy atom. The molecule has 140 valence electrons. The van der Waals surface area contributed by atoms with Crippen molar-refractivity contribution in [1.82, 2.24) is 0 Å². The highest BCUT2D eigenvalue weighted by Crippen LogP contribution is 2.46. The van der Waals surface area contributed by atoms with Crippen LogP contribution in [0, 0.1) is 15.5 Å². The van der Waals surface area contributed by atoms with Crippen molar-refractivity contribution in [2.75, 3.05) is 48.8 Å². The van der Waals surface area contributed by atoms with Gasteiger partial charge < -0.3 is 20.3 Å². The Kier molecular flexibility index (Phi) is 3.91. The summed E-state index contributed by atoms with van der Waals surface area (Å²) in [5.74, 6) is -0.699. The number of nitro benzene ring substituents is 1. The Balaban J connectivity index is 1.49. The highest BCUT2D eigenvalue weighted by atomic mass is 16.6. The number of carbonyl (C=O) groups excluding carboxylic acids is 1. The highest BCUT2D eigenvalue weighted by molar-refractivity contribution is 5.97. The summed E-state index contributed by atoms with van der Waals surface area (Å²) in [5.41, 5.74) is 8.06. The second-order valence-electron chi connectivity index (χ2n) is 7.23. The van der Waals surface area contributed by atoms with Crippen molar-refractivity contribution in [3.63, 3.8) is 0 Å². The molecule has 0 saturated carbocycles. The Labute approximate surface area is 156 Å². The van der Waals surface area contributed by atoms with Crippen LogP contribution in [0.4, 0.5) is 22.7 Å². The van der Waals surface area contributed by atoms with Crippen molar-refractivity contribution < 1.29 is 14.5 Å². The maximum absolute atomic E-state index is 11.9. The number of para-hydroxylation sites is 1. The fraction of sp³-hybridized carbons (Fsp3) is 0.316. The number of nitro groups is 1. The van der Waals surface area contributed by atoms with E-state index >= 15 is 0 Å². The van der Waals surface area contributed by atoms with Gasteiger partial charge in [-0.05, 0) is 30.3 Å². The predicted molar refractivity (Wildman–Crippen MR) is 102 cm³/mol. The van der Waals surface area contributed by atoms with Crippen LogP contribution in [0.2, 0.25) is 0 Å². The van der Waals surface area contributed by atoms with Crippen LogP contribution in [0.5, 0.6) is 0 Å². The molecule has 2 N–H and O–H groups in total. The molecule has 8 nitrogen and oxygen atoms in total. The molecule has 1 spiro atoms. The van der Waals surface area contributed by atoms with Gasteiger partial charge in [-0.25, -0.2) is 4.79 Å². The zero-order valence-electron chi connectivity index (χ0n) is 14.9. The lowest BCUT2D eigenvalue weighted by atomic mass is 9.72. The van der Waals surface area contributed by atoms with E-state index in [-0.39, 0.29) is 16.7 Å². The smallest absolute Gasteiger partial charge is 0.344 e. The molecule has 0 aliphatic carbocycles. The molecule has 0 amide bonds. The van der Waals surface area contributed by atoms with Gasteiger partial charge in [0, 0.05) is 43.0 Å². The summed E-state index contributed by atoms with van der Waals surface area (Å²) in [6.45, 7) is 3.21. The van der Waals surface area contributed by atoms with Crippen molar-refractivity contribution in [1.29, 1.82) is 0 Å². The fourth-order valence-electron chi connectivity index (χ4n) is 4.05. The zero-order valence-corrected chi connectivity index (χ0v) is 14.9. The number of hydrogen-bond donors (Lipinski definition) is 1. The standard InChI is InChI=1S/C19H20N4O4/c1-27-18(24)15-6-3-7-16(17(15)23(25)26)22-11-19(12-22)9-21(10-19)14-5-2-4-13(20)8-14/h2-8H,9-12,20H2,1H3. The van der Waals surface area contributed by atoms with Crippen LogP contribution in [0.15, 0.2) is 42.5 Å². The molecule has 0 bridgehead atoms. The third-order valence-corrected chi connectivity index (χ3v) is 5.28. The molecule has 2 saturated heterocycles. The van der Waals surface area contributed by atoms with Crippen LogP contribution in [0.25, 0.3) is 0 Å². The maximum atomic E-state index is 11.9. The number of nitrogens with two attached hydrogens (primary N) is 1. The Morgan fingerprint density at radius 2 is 1.81 bits per heavy atom. The molecule has 0 atom stereocenters. The topological polar surface area (TPSA) is 102 Å². The first-order chi connectivity index (χ1) is 12.9. The van der Waals surface area contributed by atoms with Gasteiger partial charge in [0.25, 0.3) is 0 Å². The van der Waals surface area contributed by atoms with E-state index in [0.29, 0.717) is 5.69 Å². The summed E-state index contributed by atoms with van der Waals surface area (Å²) < 4.78 is 4.68. The Bertz CT molecular complexity index is 916. The first-order valence-corrected chi connectivity index (χ1v) is 8.64. The minimum atomic E-state index is -0.699. The normalized spacial score (nSPS) is 17.2. The van der Waals surface area contributed by atoms with Crippen molar-refractivity contribution in [3.8, 4) is 0 Å². The predicted octanol–water partition coefficient (Wildman–Crippen LogP) is 2.29. The van der Waals surface area contributed by atoms with Gasteiger partial charge in [0.05, 0.1) is 12.0 Å². The highest BCUT2D eigenvalue weighted by Gasteiger charge is 2.53. The third-order valence-electron chi connectivity index (χ3n) is 5.28. The number of ether oxygens (including phenoxy) is 1. The molecule has 2 aliphatic heterocycles. The maximum Gasteiger partial charge on any atom is 0.344 e. The van der Waals surface area contributed by atoms with Gasteiger partial charge in [0.15, 0.2) is 0 Å². The van der Waals surface area contributed by atoms with E-state index in [1.54, 1.807) is 12.1 Å². The number of anilines is 3. The van der Waals surface area contributed by atoms with Crippen molar-refractivity contribution in [2.24, 2.45) is 5.41 Å². The average molecular weight is 368 g/mol. The molecule has 8 heteroatoms. The quantitative estimate of drug-likeness (QED) is 0.382. The molecule has 0 radical (unpaired) electrons. The van der Waals surface area contributed by atoms with E-state index < -0.39 is 10.9 Å². The number of carbonyl (C=O) groups is 1. The van der Waals surface area contributed by atoms with Crippen LogP contribution < -0.4 is 15.5 Å². The van der Waals surface area contributed by atoms with Crippen LogP contribution in [-0.4, -0.2) is 44.2 Å². The van der Waals surface area contributed by atoms with E-state index in [9.17, 15) is 14.9 Å². The van der Waals surface area contributed by atoms with Gasteiger partial charge in [0.2, 0.25) is 0 Å². The third kappa shape index (κ3) is 2.83. The van der Waals surface area contributed by atoms with Crippen molar-refractivity contribution >= 4 is 28.7 Å². The van der Waals surface area contributed by atoms with E-state index in [1.165, 1.54) is 13.2 Å². The van der Waals surface area contributed by atoms with E-state index in [0.717, 1.165) is 37.6 Å². The minimum Gasteiger partial charge on any atom is -0.465 e. The first kappa shape index (κ1) is 17.1. The molecule has 2 aromatic rings. The van der Waals surface area contributed by atoms with E-state index in [4.69, 9.17) is 5.73 Å². The first-order valence-electron chi connectivity index (χ1n) is 8.64. The summed E-state index contributed by atoms with van der Waals surface area (Å²) in [6.07, 6.45) is 0. The van der Waals surface area contributed by atoms with Crippen LogP contribution in [0.1, 0.15) is 10.4 Å². The lowest BCUT2D eigenvalue weighted by Crippen LogP contribution is -2.72. The van der Waals surface area contributed by atoms with E-state index in [1.807, 2.05) is 29.2 Å². The van der Waals surface area contributed by atoms with Crippen molar-refractivity contribution in [2.45, 2.75) is 0 Å². The van der Waals surface area contributed by atoms with Gasteiger partial charge in [-0.15, -0.1) is 0 Å². The molecule has 27 heavy (non-hydrogen) atoms. The SMILES string of the molecule is COC(=O)c1cccc(N2CC3(CN(c4cccc(N)c4)C3)C2)c1[N+](=O)[O-]. The van der Waals surface area contributed by atoms with Gasteiger partial charge >= 0.3 is 11.7 Å². The Morgan fingerprint density at radius 3 is 2.44 bits per heavy atom. The summed E-state index contributed by atoms with van der Waals surface area (Å²) >= 11 is 0. The molecule has 2 fully saturated rings. The minimum absolute atomic E-state index is 0.0176. The molecular formula is C19H20N4O4. The molecule has 2 aliphatic rings. The fourth-order valence-corrected chi connectivity index (χ4v) is 4.05. The number of nitrogens with zero attached hydrogens (tertiary/aromatic N) is 3. The lowest BCUT2D eigenvalue weighted by Gasteiger charge is -2.61. The molecule has 0 aromatic heterocycles. The van der Waals surface area contributed by atoms with Gasteiger partial charge in [0.1, 0.15) is 11.3 Å². The molecular weight excluding hydrogens is 348 g/mol. The number of methoxy groups -OCH3 is 1. The van der Waals surface area contributed by atoms with Gasteiger partial charge in [-0.2, -0.15) is 0 Å². The van der Waals surface area contributed by atoms with Crippen LogP contribution in [-0.2, 0) is 4.74 Å². The molecule has 2 aromatic carbocycles. The number of benzene rings is 2. The number of hydrogen-bond acceptors (Lipinski definition) is 7. The summed E-state index contributed by atoms with van der Waals surface area (Å²) in [5, 5.41) is 11.6. The summed E-state index contributed by atoms with van der Waals surface area (Å²) in [6, 6.07) is 12.5. The summed E-state index contributed by atoms with van der Waals surface area (Å²) in [7, 11) is 1.22. The average Bonchev–Trinajstić information content (AvgIpc) is 2.58. The number of nitrogen functional groups attached to an aromatic ring is 1. The monoisotopic (exact) mass is 368 g/mol. The van der Waals surface area contributed by atoms with Crippen molar-refractivity contribution in [3.05, 3.63) is 58.1 Å². The van der Waals surface area contributed by atoms with Crippen LogP contribution in [0.3, 0.4) is 0 Å². The number of rotatable bonds is 4. The second-order valence-corrected chi connectivity index (χ2v) is 7.23. The molecule has 2 heterocycles. The van der Waals surface area contributed by atoms with Gasteiger partial charge in [-0.3, -0.25) is 10.1 Å². The van der Waals surface area contributed by atoms with Gasteiger partial charge in [-0.1, -0.05) is 12.1 Å². The molecule has 4 rings (SSSR count). The van der Waals surface area contributed by atoms with Crippen LogP contribution >= 0.6 is 0 Å². The second kappa shape index (κ2) is 6.15. The zero-order chi connectivity index (χ0) is 19.2.